The monoisotopic (exact) mass is 401 g/mol. The molecule has 7 heteroatoms. The number of rotatable bonds is 3. The van der Waals surface area contributed by atoms with Gasteiger partial charge in [0.25, 0.3) is 0 Å². The van der Waals surface area contributed by atoms with Crippen LogP contribution in [0.3, 0.4) is 0 Å². The first-order valence-corrected chi connectivity index (χ1v) is 10.2. The Kier molecular flexibility index (Phi) is 4.56. The van der Waals surface area contributed by atoms with Crippen LogP contribution in [0.5, 0.6) is 0 Å². The van der Waals surface area contributed by atoms with E-state index in [2.05, 4.69) is 32.1 Å². The van der Waals surface area contributed by atoms with Gasteiger partial charge in [-0.2, -0.15) is 0 Å². The molecule has 1 saturated heterocycles. The van der Waals surface area contributed by atoms with E-state index in [0.717, 1.165) is 37.4 Å². The maximum Gasteiger partial charge on any atom is 0.238 e. The van der Waals surface area contributed by atoms with Gasteiger partial charge >= 0.3 is 0 Å². The second-order valence-electron chi connectivity index (χ2n) is 8.01. The molecule has 0 atom stereocenters. The fraction of sp³-hybridized carbons (Fsp3) is 0.304. The third kappa shape index (κ3) is 3.16. The predicted molar refractivity (Wildman–Crippen MR) is 116 cm³/mol. The highest BCUT2D eigenvalue weighted by Crippen LogP contribution is 2.39. The lowest BCUT2D eigenvalue weighted by molar-refractivity contribution is -0.117. The largest absolute Gasteiger partial charge is 0.323 e. The van der Waals surface area contributed by atoms with Crippen LogP contribution in [0.1, 0.15) is 21.7 Å². The number of likely N-dealkylation sites (N-methyl/N-ethyl adjacent to an activating group) is 1. The number of hydrogen-bond donors (Lipinski definition) is 1. The summed E-state index contributed by atoms with van der Waals surface area (Å²) in [6, 6.07) is 11.1. The maximum absolute atomic E-state index is 13.0. The molecular weight excluding hydrogens is 378 g/mol. The smallest absolute Gasteiger partial charge is 0.238 e. The standard InChI is InChI=1S/C23H23N5O2/c1-14-24-21-15-5-3-4-6-16(15)23(30)17-7-8-18(22(25-14)20(17)21)26-19(29)13-28-11-9-27(2)10-12-28/h3-8H,9-13H2,1-2H3,(H,26,29). The summed E-state index contributed by atoms with van der Waals surface area (Å²) in [5.41, 5.74) is 4.02. The first kappa shape index (κ1) is 18.8. The number of hydrogen-bond acceptors (Lipinski definition) is 6. The van der Waals surface area contributed by atoms with Gasteiger partial charge in [0, 0.05) is 48.3 Å². The van der Waals surface area contributed by atoms with Gasteiger partial charge in [0.1, 0.15) is 5.82 Å². The van der Waals surface area contributed by atoms with Crippen molar-refractivity contribution in [1.29, 1.82) is 0 Å². The van der Waals surface area contributed by atoms with Crippen LogP contribution in [0.25, 0.3) is 22.2 Å². The summed E-state index contributed by atoms with van der Waals surface area (Å²) in [5.74, 6) is 0.495. The van der Waals surface area contributed by atoms with Crippen LogP contribution in [0.15, 0.2) is 36.4 Å². The molecule has 0 unspecified atom stereocenters. The Balaban J connectivity index is 1.53. The summed E-state index contributed by atoms with van der Waals surface area (Å²) >= 11 is 0. The third-order valence-corrected chi connectivity index (χ3v) is 5.87. The van der Waals surface area contributed by atoms with Gasteiger partial charge in [-0.25, -0.2) is 9.97 Å². The van der Waals surface area contributed by atoms with Crippen LogP contribution in [-0.4, -0.2) is 71.2 Å². The van der Waals surface area contributed by atoms with Crippen LogP contribution in [0.2, 0.25) is 0 Å². The van der Waals surface area contributed by atoms with Gasteiger partial charge in [-0.05, 0) is 26.1 Å². The number of nitrogens with zero attached hydrogens (tertiary/aromatic N) is 4. The molecule has 7 nitrogen and oxygen atoms in total. The Morgan fingerprint density at radius 2 is 1.73 bits per heavy atom. The molecule has 152 valence electrons. The molecule has 3 aromatic rings. The molecule has 2 aliphatic rings. The Bertz CT molecular complexity index is 1180. The minimum Gasteiger partial charge on any atom is -0.323 e. The van der Waals surface area contributed by atoms with Crippen molar-refractivity contribution in [3.05, 3.63) is 53.3 Å². The van der Waals surface area contributed by atoms with Gasteiger partial charge in [0.2, 0.25) is 5.91 Å². The summed E-state index contributed by atoms with van der Waals surface area (Å²) in [6.07, 6.45) is 0. The van der Waals surface area contributed by atoms with E-state index in [9.17, 15) is 9.59 Å². The molecule has 1 amide bonds. The maximum atomic E-state index is 13.0. The highest BCUT2D eigenvalue weighted by molar-refractivity contribution is 6.26. The van der Waals surface area contributed by atoms with Crippen molar-refractivity contribution in [2.24, 2.45) is 0 Å². The van der Waals surface area contributed by atoms with Gasteiger partial charge in [-0.3, -0.25) is 14.5 Å². The molecule has 30 heavy (non-hydrogen) atoms. The third-order valence-electron chi connectivity index (χ3n) is 5.87. The van der Waals surface area contributed by atoms with Crippen molar-refractivity contribution in [2.45, 2.75) is 6.92 Å². The summed E-state index contributed by atoms with van der Waals surface area (Å²) in [6.45, 7) is 5.85. The van der Waals surface area contributed by atoms with Gasteiger partial charge in [-0.15, -0.1) is 0 Å². The molecule has 0 radical (unpaired) electrons. The van der Waals surface area contributed by atoms with E-state index in [1.54, 1.807) is 12.1 Å². The molecule has 1 fully saturated rings. The number of aromatic nitrogens is 2. The van der Waals surface area contributed by atoms with Crippen LogP contribution in [-0.2, 0) is 4.79 Å². The number of benzene rings is 2. The van der Waals surface area contributed by atoms with Gasteiger partial charge in [0.05, 0.1) is 23.4 Å². The molecule has 0 spiro atoms. The molecule has 1 aliphatic heterocycles. The molecule has 2 heterocycles. The highest BCUT2D eigenvalue weighted by atomic mass is 16.2. The number of carbonyl (C=O) groups excluding carboxylic acids is 2. The van der Waals surface area contributed by atoms with E-state index in [1.807, 2.05) is 31.2 Å². The van der Waals surface area contributed by atoms with E-state index in [-0.39, 0.29) is 11.7 Å². The Hall–Kier alpha value is -3.16. The summed E-state index contributed by atoms with van der Waals surface area (Å²) in [5, 5.41) is 3.73. The number of fused-ring (bicyclic) bond motifs is 2. The number of nitrogens with one attached hydrogen (secondary N) is 1. The van der Waals surface area contributed by atoms with Gasteiger partial charge < -0.3 is 10.2 Å². The number of ketones is 1. The number of carbonyl (C=O) groups is 2. The predicted octanol–water partition coefficient (Wildman–Crippen LogP) is 2.34. The Morgan fingerprint density at radius 3 is 2.50 bits per heavy atom. The summed E-state index contributed by atoms with van der Waals surface area (Å²) in [4.78, 5) is 39.4. The molecule has 0 bridgehead atoms. The molecular formula is C23H23N5O2. The lowest BCUT2D eigenvalue weighted by Crippen LogP contribution is -2.47. The average molecular weight is 401 g/mol. The number of aryl methyl sites for hydroxylation is 1. The molecule has 2 aromatic carbocycles. The van der Waals surface area contributed by atoms with Crippen LogP contribution in [0.4, 0.5) is 5.69 Å². The Labute approximate surface area is 174 Å². The topological polar surface area (TPSA) is 78.4 Å². The van der Waals surface area contributed by atoms with E-state index >= 15 is 0 Å². The molecule has 5 rings (SSSR count). The number of anilines is 1. The SMILES string of the molecule is Cc1nc2c3c(ccc(NC(=O)CN4CCN(C)CC4)c3n1)C(=O)c1ccccc1-2. The molecule has 0 saturated carbocycles. The Morgan fingerprint density at radius 1 is 1.00 bits per heavy atom. The van der Waals surface area contributed by atoms with Crippen LogP contribution in [0, 0.1) is 6.92 Å². The minimum absolute atomic E-state index is 0.0362. The average Bonchev–Trinajstić information content (AvgIpc) is 2.74. The quantitative estimate of drug-likeness (QED) is 0.568. The van der Waals surface area contributed by atoms with E-state index in [4.69, 9.17) is 0 Å². The van der Waals surface area contributed by atoms with Crippen molar-refractivity contribution < 1.29 is 9.59 Å². The first-order chi connectivity index (χ1) is 14.5. The van der Waals surface area contributed by atoms with Crippen molar-refractivity contribution in [1.82, 2.24) is 19.8 Å². The molecule has 1 N–H and O–H groups in total. The lowest BCUT2D eigenvalue weighted by Gasteiger charge is -2.31. The first-order valence-electron chi connectivity index (χ1n) is 10.2. The zero-order valence-electron chi connectivity index (χ0n) is 17.1. The second-order valence-corrected chi connectivity index (χ2v) is 8.01. The van der Waals surface area contributed by atoms with E-state index in [1.165, 1.54) is 0 Å². The fourth-order valence-corrected chi connectivity index (χ4v) is 4.27. The van der Waals surface area contributed by atoms with Gasteiger partial charge in [-0.1, -0.05) is 24.3 Å². The highest BCUT2D eigenvalue weighted by Gasteiger charge is 2.28. The van der Waals surface area contributed by atoms with Gasteiger partial charge in [0.15, 0.2) is 5.78 Å². The van der Waals surface area contributed by atoms with Crippen molar-refractivity contribution in [2.75, 3.05) is 45.1 Å². The van der Waals surface area contributed by atoms with E-state index < -0.39 is 0 Å². The van der Waals surface area contributed by atoms with Crippen LogP contribution < -0.4 is 5.32 Å². The second kappa shape index (κ2) is 7.27. The minimum atomic E-state index is -0.0739. The van der Waals surface area contributed by atoms with Crippen molar-refractivity contribution in [3.8, 4) is 11.3 Å². The van der Waals surface area contributed by atoms with Crippen LogP contribution >= 0.6 is 0 Å². The zero-order valence-corrected chi connectivity index (χ0v) is 17.1. The molecule has 1 aromatic heterocycles. The zero-order chi connectivity index (χ0) is 20.8. The summed E-state index contributed by atoms with van der Waals surface area (Å²) < 4.78 is 0. The molecule has 1 aliphatic carbocycles. The van der Waals surface area contributed by atoms with E-state index in [0.29, 0.717) is 40.1 Å². The van der Waals surface area contributed by atoms with Crippen molar-refractivity contribution >= 4 is 28.3 Å². The van der Waals surface area contributed by atoms with Crippen molar-refractivity contribution in [3.63, 3.8) is 0 Å². The number of piperazine rings is 1. The number of amides is 1. The fourth-order valence-electron chi connectivity index (χ4n) is 4.27. The lowest BCUT2D eigenvalue weighted by atomic mass is 9.86. The normalized spacial score (nSPS) is 16.5. The summed E-state index contributed by atoms with van der Waals surface area (Å²) in [7, 11) is 2.09.